The van der Waals surface area contributed by atoms with E-state index < -0.39 is 15.9 Å². The first-order chi connectivity index (χ1) is 8.00. The van der Waals surface area contributed by atoms with Crippen molar-refractivity contribution in [2.75, 3.05) is 6.26 Å². The highest BCUT2D eigenvalue weighted by molar-refractivity contribution is 7.88. The normalized spacial score (nSPS) is 12.5. The number of hydrazine groups is 1. The van der Waals surface area contributed by atoms with Gasteiger partial charge in [-0.1, -0.05) is 0 Å². The number of amides is 1. The molecule has 0 unspecified atom stereocenters. The first-order valence-electron chi connectivity index (χ1n) is 5.35. The number of nitrogens with one attached hydrogen (secondary N) is 2. The molecule has 0 spiro atoms. The zero-order valence-corrected chi connectivity index (χ0v) is 11.9. The zero-order valence-electron chi connectivity index (χ0n) is 11.1. The van der Waals surface area contributed by atoms with Crippen LogP contribution in [-0.2, 0) is 15.6 Å². The SMILES string of the molecule is Cc1cc(C(=O)NNS(C)(=O)=O)nn1C(C)(C)C. The Kier molecular flexibility index (Phi) is 3.82. The maximum absolute atomic E-state index is 11.7. The van der Waals surface area contributed by atoms with E-state index in [0.29, 0.717) is 0 Å². The van der Waals surface area contributed by atoms with Crippen molar-refractivity contribution in [3.8, 4) is 0 Å². The van der Waals surface area contributed by atoms with Gasteiger partial charge in [-0.05, 0) is 33.8 Å². The molecule has 0 aromatic carbocycles. The van der Waals surface area contributed by atoms with Crippen LogP contribution in [0.5, 0.6) is 0 Å². The summed E-state index contributed by atoms with van der Waals surface area (Å²) in [7, 11) is -3.48. The van der Waals surface area contributed by atoms with Gasteiger partial charge >= 0.3 is 0 Å². The van der Waals surface area contributed by atoms with E-state index in [-0.39, 0.29) is 11.2 Å². The summed E-state index contributed by atoms with van der Waals surface area (Å²) in [5, 5.41) is 4.15. The first-order valence-corrected chi connectivity index (χ1v) is 7.24. The molecule has 0 aliphatic rings. The van der Waals surface area contributed by atoms with Crippen LogP contribution in [0.3, 0.4) is 0 Å². The third-order valence-corrected chi connectivity index (χ3v) is 2.58. The number of aryl methyl sites for hydroxylation is 1. The highest BCUT2D eigenvalue weighted by atomic mass is 32.2. The molecule has 1 rings (SSSR count). The van der Waals surface area contributed by atoms with Crippen LogP contribution >= 0.6 is 0 Å². The van der Waals surface area contributed by atoms with Crippen molar-refractivity contribution in [3.05, 3.63) is 17.5 Å². The molecule has 1 heterocycles. The Morgan fingerprint density at radius 2 is 1.94 bits per heavy atom. The lowest BCUT2D eigenvalue weighted by Gasteiger charge is -2.21. The molecule has 8 heteroatoms. The van der Waals surface area contributed by atoms with Gasteiger partial charge in [-0.3, -0.25) is 14.9 Å². The predicted molar refractivity (Wildman–Crippen MR) is 67.4 cm³/mol. The summed E-state index contributed by atoms with van der Waals surface area (Å²) in [6.45, 7) is 7.72. The minimum absolute atomic E-state index is 0.165. The van der Waals surface area contributed by atoms with Crippen LogP contribution in [0.1, 0.15) is 37.0 Å². The maximum Gasteiger partial charge on any atom is 0.286 e. The number of hydrogen-bond donors (Lipinski definition) is 2. The van der Waals surface area contributed by atoms with Gasteiger partial charge in [0.05, 0.1) is 11.8 Å². The molecule has 0 fully saturated rings. The van der Waals surface area contributed by atoms with Crippen LogP contribution in [0.25, 0.3) is 0 Å². The molecule has 0 aliphatic carbocycles. The molecule has 2 N–H and O–H groups in total. The van der Waals surface area contributed by atoms with Gasteiger partial charge in [0.25, 0.3) is 5.91 Å². The van der Waals surface area contributed by atoms with Crippen molar-refractivity contribution in [2.24, 2.45) is 0 Å². The average molecular weight is 274 g/mol. The predicted octanol–water partition coefficient (Wildman–Crippen LogP) is 0.141. The monoisotopic (exact) mass is 274 g/mol. The van der Waals surface area contributed by atoms with Gasteiger partial charge in [0.1, 0.15) is 0 Å². The molecule has 1 aromatic rings. The molecule has 0 aliphatic heterocycles. The Balaban J connectivity index is 2.89. The average Bonchev–Trinajstić information content (AvgIpc) is 2.55. The van der Waals surface area contributed by atoms with Gasteiger partial charge in [-0.15, -0.1) is 4.83 Å². The second-order valence-electron chi connectivity index (χ2n) is 5.08. The van der Waals surface area contributed by atoms with Crippen LogP contribution < -0.4 is 10.3 Å². The summed E-state index contributed by atoms with van der Waals surface area (Å²) >= 11 is 0. The molecule has 0 bridgehead atoms. The molecular weight excluding hydrogens is 256 g/mol. The summed E-state index contributed by atoms with van der Waals surface area (Å²) in [5.41, 5.74) is 2.83. The van der Waals surface area contributed by atoms with Gasteiger partial charge < -0.3 is 0 Å². The van der Waals surface area contributed by atoms with Crippen molar-refractivity contribution in [1.82, 2.24) is 20.0 Å². The highest BCUT2D eigenvalue weighted by Gasteiger charge is 2.20. The Labute approximate surface area is 107 Å². The number of carbonyl (C=O) groups excluding carboxylic acids is 1. The second kappa shape index (κ2) is 4.69. The van der Waals surface area contributed by atoms with E-state index in [1.54, 1.807) is 10.7 Å². The fourth-order valence-corrected chi connectivity index (χ4v) is 1.75. The van der Waals surface area contributed by atoms with Gasteiger partial charge in [-0.2, -0.15) is 5.10 Å². The quantitative estimate of drug-likeness (QED) is 0.767. The van der Waals surface area contributed by atoms with Crippen LogP contribution in [0.2, 0.25) is 0 Å². The van der Waals surface area contributed by atoms with Crippen LogP contribution in [-0.4, -0.2) is 30.4 Å². The van der Waals surface area contributed by atoms with E-state index in [0.717, 1.165) is 11.9 Å². The minimum atomic E-state index is -3.48. The van der Waals surface area contributed by atoms with Gasteiger partial charge in [0, 0.05) is 5.69 Å². The zero-order chi connectivity index (χ0) is 14.1. The molecule has 18 heavy (non-hydrogen) atoms. The lowest BCUT2D eigenvalue weighted by atomic mass is 10.1. The Morgan fingerprint density at radius 3 is 2.33 bits per heavy atom. The Bertz CT molecular complexity index is 554. The third-order valence-electron chi connectivity index (χ3n) is 2.11. The summed E-state index contributed by atoms with van der Waals surface area (Å²) in [5.74, 6) is -0.591. The van der Waals surface area contributed by atoms with Crippen LogP contribution in [0.15, 0.2) is 6.07 Å². The van der Waals surface area contributed by atoms with Crippen molar-refractivity contribution in [2.45, 2.75) is 33.2 Å². The number of sulfonamides is 1. The van der Waals surface area contributed by atoms with E-state index in [4.69, 9.17) is 0 Å². The number of hydrogen-bond acceptors (Lipinski definition) is 4. The molecule has 0 atom stereocenters. The summed E-state index contributed by atoms with van der Waals surface area (Å²) < 4.78 is 23.4. The topological polar surface area (TPSA) is 93.1 Å². The molecule has 1 amide bonds. The van der Waals surface area contributed by atoms with Gasteiger partial charge in [0.2, 0.25) is 10.0 Å². The summed E-state index contributed by atoms with van der Waals surface area (Å²) in [6, 6.07) is 1.60. The van der Waals surface area contributed by atoms with Gasteiger partial charge in [-0.25, -0.2) is 8.42 Å². The minimum Gasteiger partial charge on any atom is -0.272 e. The molecule has 0 saturated carbocycles. The molecular formula is C10H18N4O3S. The molecule has 0 saturated heterocycles. The lowest BCUT2D eigenvalue weighted by molar-refractivity contribution is 0.0938. The van der Waals surface area contributed by atoms with E-state index in [1.165, 1.54) is 0 Å². The standard InChI is InChI=1S/C10H18N4O3S/c1-7-6-8(12-14(7)10(2,3)4)9(15)11-13-18(5,16)17/h6,13H,1-5H3,(H,11,15). The Morgan fingerprint density at radius 1 is 1.39 bits per heavy atom. The van der Waals surface area contributed by atoms with E-state index in [9.17, 15) is 13.2 Å². The number of nitrogens with zero attached hydrogens (tertiary/aromatic N) is 2. The van der Waals surface area contributed by atoms with E-state index in [1.807, 2.05) is 32.5 Å². The molecule has 102 valence electrons. The largest absolute Gasteiger partial charge is 0.286 e. The molecule has 0 radical (unpaired) electrons. The molecule has 1 aromatic heterocycles. The van der Waals surface area contributed by atoms with E-state index >= 15 is 0 Å². The number of rotatable bonds is 3. The first kappa shape index (κ1) is 14.7. The lowest BCUT2D eigenvalue weighted by Crippen LogP contribution is -2.41. The second-order valence-corrected chi connectivity index (χ2v) is 6.83. The molecule has 7 nitrogen and oxygen atoms in total. The maximum atomic E-state index is 11.7. The summed E-state index contributed by atoms with van der Waals surface area (Å²) in [6.07, 6.45) is 0.951. The number of carbonyl (C=O) groups is 1. The van der Waals surface area contributed by atoms with Crippen molar-refractivity contribution >= 4 is 15.9 Å². The van der Waals surface area contributed by atoms with Crippen molar-refractivity contribution in [3.63, 3.8) is 0 Å². The fraction of sp³-hybridized carbons (Fsp3) is 0.600. The van der Waals surface area contributed by atoms with Crippen molar-refractivity contribution in [1.29, 1.82) is 0 Å². The smallest absolute Gasteiger partial charge is 0.272 e. The number of aromatic nitrogens is 2. The van der Waals surface area contributed by atoms with E-state index in [2.05, 4.69) is 10.5 Å². The van der Waals surface area contributed by atoms with Crippen LogP contribution in [0, 0.1) is 6.92 Å². The highest BCUT2D eigenvalue weighted by Crippen LogP contribution is 2.16. The third kappa shape index (κ3) is 3.81. The van der Waals surface area contributed by atoms with Crippen LogP contribution in [0.4, 0.5) is 0 Å². The van der Waals surface area contributed by atoms with Crippen molar-refractivity contribution < 1.29 is 13.2 Å². The Hall–Kier alpha value is -1.41. The summed E-state index contributed by atoms with van der Waals surface area (Å²) in [4.78, 5) is 13.6. The fourth-order valence-electron chi connectivity index (χ4n) is 1.47. The van der Waals surface area contributed by atoms with Gasteiger partial charge in [0.15, 0.2) is 5.69 Å².